The summed E-state index contributed by atoms with van der Waals surface area (Å²) in [6, 6.07) is 5.57. The molecule has 0 aliphatic heterocycles. The molecule has 35 heavy (non-hydrogen) atoms. The van der Waals surface area contributed by atoms with Gasteiger partial charge in [-0.3, -0.25) is 9.59 Å². The minimum Gasteiger partial charge on any atom is -0.481 e. The molecule has 7 heteroatoms. The van der Waals surface area contributed by atoms with Crippen molar-refractivity contribution in [2.24, 2.45) is 17.8 Å². The maximum Gasteiger partial charge on any atom is 0.300 e. The van der Waals surface area contributed by atoms with Gasteiger partial charge in [-0.25, -0.2) is 0 Å². The molecule has 1 aromatic heterocycles. The van der Waals surface area contributed by atoms with Crippen molar-refractivity contribution in [3.8, 4) is 0 Å². The van der Waals surface area contributed by atoms with Crippen LogP contribution in [0, 0.1) is 24.7 Å². The van der Waals surface area contributed by atoms with Gasteiger partial charge in [-0.1, -0.05) is 56.9 Å². The van der Waals surface area contributed by atoms with E-state index in [0.717, 1.165) is 60.8 Å². The Hall–Kier alpha value is -2.34. The number of benzene rings is 1. The van der Waals surface area contributed by atoms with Crippen molar-refractivity contribution in [3.05, 3.63) is 46.3 Å². The Labute approximate surface area is 215 Å². The van der Waals surface area contributed by atoms with Gasteiger partial charge in [0, 0.05) is 25.3 Å². The number of hydrogen-bond acceptors (Lipinski definition) is 4. The summed E-state index contributed by atoms with van der Waals surface area (Å²) in [6.45, 7) is 12.2. The minimum atomic E-state index is -0.833. The molecule has 2 aromatic rings. The lowest BCUT2D eigenvalue weighted by Crippen LogP contribution is -2.22. The summed E-state index contributed by atoms with van der Waals surface area (Å²) in [5.41, 5.74) is 3.68. The number of aliphatic carboxylic acids is 1. The number of aromatic nitrogens is 1. The molecule has 196 valence electrons. The van der Waals surface area contributed by atoms with Gasteiger partial charge in [0.1, 0.15) is 6.26 Å². The zero-order chi connectivity index (χ0) is 26.4. The molecule has 1 heterocycles. The minimum absolute atomic E-state index is 0.0739. The monoisotopic (exact) mass is 506 g/mol. The van der Waals surface area contributed by atoms with E-state index in [9.17, 15) is 4.79 Å². The number of nitrogens with one attached hydrogen (secondary N) is 1. The van der Waals surface area contributed by atoms with Crippen molar-refractivity contribution in [1.82, 2.24) is 5.16 Å². The zero-order valence-electron chi connectivity index (χ0n) is 22.2. The van der Waals surface area contributed by atoms with Crippen molar-refractivity contribution in [1.29, 1.82) is 0 Å². The Morgan fingerprint density at radius 2 is 1.91 bits per heavy atom. The lowest BCUT2D eigenvalue weighted by molar-refractivity contribution is -0.134. The number of hydrogen-bond donors (Lipinski definition) is 2. The summed E-state index contributed by atoms with van der Waals surface area (Å²) < 4.78 is 5.02. The zero-order valence-corrected chi connectivity index (χ0v) is 23.0. The smallest absolute Gasteiger partial charge is 0.300 e. The topological polar surface area (TPSA) is 92.4 Å². The van der Waals surface area contributed by atoms with Gasteiger partial charge in [-0.15, -0.1) is 0 Å². The molecule has 0 saturated heterocycles. The van der Waals surface area contributed by atoms with E-state index in [4.69, 9.17) is 26.0 Å². The number of anilines is 1. The summed E-state index contributed by atoms with van der Waals surface area (Å²) >= 11 is 6.11. The fraction of sp³-hybridized carbons (Fsp3) is 0.607. The Morgan fingerprint density at radius 3 is 2.46 bits per heavy atom. The quantitative estimate of drug-likeness (QED) is 0.363. The van der Waals surface area contributed by atoms with Crippen molar-refractivity contribution < 1.29 is 19.2 Å². The third kappa shape index (κ3) is 13.4. The van der Waals surface area contributed by atoms with Gasteiger partial charge in [0.15, 0.2) is 0 Å². The number of amides is 1. The fourth-order valence-electron chi connectivity index (χ4n) is 4.15. The van der Waals surface area contributed by atoms with Crippen molar-refractivity contribution in [2.75, 3.05) is 5.32 Å². The van der Waals surface area contributed by atoms with Gasteiger partial charge in [0.2, 0.25) is 5.91 Å². The third-order valence-electron chi connectivity index (χ3n) is 5.79. The number of aryl methyl sites for hydroxylation is 3. The van der Waals surface area contributed by atoms with Crippen LogP contribution in [0.5, 0.6) is 0 Å². The molecule has 0 spiro atoms. The summed E-state index contributed by atoms with van der Waals surface area (Å²) in [5.74, 6) is 2.13. The molecule has 1 saturated carbocycles. The molecule has 6 nitrogen and oxygen atoms in total. The van der Waals surface area contributed by atoms with Gasteiger partial charge >= 0.3 is 0 Å². The first-order valence-corrected chi connectivity index (χ1v) is 13.1. The summed E-state index contributed by atoms with van der Waals surface area (Å²) in [5, 5.41) is 14.8. The first-order valence-electron chi connectivity index (χ1n) is 12.7. The normalized spacial score (nSPS) is 16.3. The number of rotatable bonds is 9. The van der Waals surface area contributed by atoms with Crippen LogP contribution in [0.15, 0.2) is 29.0 Å². The summed E-state index contributed by atoms with van der Waals surface area (Å²) in [6.07, 6.45) is 10.2. The maximum absolute atomic E-state index is 12.0. The molecule has 1 amide bonds. The van der Waals surface area contributed by atoms with Gasteiger partial charge in [-0.2, -0.15) is 0 Å². The summed E-state index contributed by atoms with van der Waals surface area (Å²) in [7, 11) is 0. The van der Waals surface area contributed by atoms with E-state index in [1.165, 1.54) is 19.3 Å². The molecular formula is C28H43ClN2O4. The van der Waals surface area contributed by atoms with Crippen molar-refractivity contribution in [3.63, 3.8) is 0 Å². The van der Waals surface area contributed by atoms with E-state index in [2.05, 4.69) is 38.2 Å². The highest BCUT2D eigenvalue weighted by Crippen LogP contribution is 2.37. The molecule has 3 rings (SSSR count). The van der Waals surface area contributed by atoms with Crippen LogP contribution in [0.2, 0.25) is 5.02 Å². The molecule has 1 aliphatic carbocycles. The van der Waals surface area contributed by atoms with Gasteiger partial charge in [-0.05, 0) is 74.5 Å². The molecule has 0 bridgehead atoms. The lowest BCUT2D eigenvalue weighted by Gasteiger charge is -2.33. The third-order valence-corrected chi connectivity index (χ3v) is 6.10. The SMILES string of the molecule is CC(=O)O.CC(C)CC1CC(C)C1.CCCCc1conc1CCC(=O)Nc1ccc(C)cc1Cl. The number of halogens is 1. The first kappa shape index (κ1) is 30.7. The average Bonchev–Trinajstić information content (AvgIpc) is 3.19. The van der Waals surface area contributed by atoms with Crippen LogP contribution in [0.1, 0.15) is 90.0 Å². The molecule has 1 fully saturated rings. The standard InChI is InChI=1S/C17H21ClN2O2.C9H18.C2H4O2/c1-3-4-5-13-11-22-20-15(13)8-9-17(21)19-16-7-6-12(2)10-14(16)18;1-7(2)4-9-5-8(3)6-9;1-2(3)4/h6-7,10-11H,3-5,8-9H2,1-2H3,(H,19,21);7-9H,4-6H2,1-3H3;1H3,(H,3,4). The highest BCUT2D eigenvalue weighted by atomic mass is 35.5. The predicted octanol–water partition coefficient (Wildman–Crippen LogP) is 7.72. The lowest BCUT2D eigenvalue weighted by atomic mass is 9.72. The number of carboxylic acids is 1. The van der Waals surface area contributed by atoms with E-state index in [1.54, 1.807) is 6.26 Å². The van der Waals surface area contributed by atoms with E-state index in [-0.39, 0.29) is 5.91 Å². The van der Waals surface area contributed by atoms with Gasteiger partial charge in [0.25, 0.3) is 5.97 Å². The van der Waals surface area contributed by atoms with Crippen LogP contribution < -0.4 is 5.32 Å². The number of nitrogens with zero attached hydrogens (tertiary/aromatic N) is 1. The van der Waals surface area contributed by atoms with E-state index >= 15 is 0 Å². The molecule has 1 aromatic carbocycles. The average molecular weight is 507 g/mol. The van der Waals surface area contributed by atoms with Crippen LogP contribution in [-0.4, -0.2) is 22.1 Å². The van der Waals surface area contributed by atoms with Crippen LogP contribution >= 0.6 is 11.6 Å². The Morgan fingerprint density at radius 1 is 1.26 bits per heavy atom. The molecule has 0 unspecified atom stereocenters. The summed E-state index contributed by atoms with van der Waals surface area (Å²) in [4.78, 5) is 21.0. The Bertz CT molecular complexity index is 900. The second-order valence-corrected chi connectivity index (χ2v) is 10.4. The van der Waals surface area contributed by atoms with Crippen LogP contribution in [-0.2, 0) is 22.4 Å². The van der Waals surface area contributed by atoms with Crippen LogP contribution in [0.3, 0.4) is 0 Å². The highest BCUT2D eigenvalue weighted by molar-refractivity contribution is 6.33. The number of carboxylic acid groups (broad SMARTS) is 1. The van der Waals surface area contributed by atoms with Gasteiger partial charge < -0.3 is 14.9 Å². The second-order valence-electron chi connectivity index (χ2n) is 10.0. The van der Waals surface area contributed by atoms with Crippen LogP contribution in [0.25, 0.3) is 0 Å². The molecule has 0 atom stereocenters. The molecular weight excluding hydrogens is 464 g/mol. The number of carbonyl (C=O) groups is 2. The van der Waals surface area contributed by atoms with E-state index < -0.39 is 5.97 Å². The van der Waals surface area contributed by atoms with Crippen LogP contribution in [0.4, 0.5) is 5.69 Å². The predicted molar refractivity (Wildman–Crippen MR) is 143 cm³/mol. The molecule has 1 aliphatic rings. The Kier molecular flexibility index (Phi) is 14.3. The molecule has 2 N–H and O–H groups in total. The number of carbonyl (C=O) groups excluding carboxylic acids is 1. The molecule has 0 radical (unpaired) electrons. The first-order chi connectivity index (χ1) is 16.5. The Balaban J connectivity index is 0.000000387. The van der Waals surface area contributed by atoms with E-state index in [0.29, 0.717) is 23.6 Å². The fourth-order valence-corrected chi connectivity index (χ4v) is 4.43. The van der Waals surface area contributed by atoms with Gasteiger partial charge in [0.05, 0.1) is 16.4 Å². The van der Waals surface area contributed by atoms with Crippen molar-refractivity contribution >= 4 is 29.2 Å². The van der Waals surface area contributed by atoms with E-state index in [1.807, 2.05) is 25.1 Å². The maximum atomic E-state index is 12.0. The van der Waals surface area contributed by atoms with Crippen molar-refractivity contribution in [2.45, 2.75) is 92.9 Å². The number of unbranched alkanes of at least 4 members (excludes halogenated alkanes) is 1. The largest absolute Gasteiger partial charge is 0.481 e. The second kappa shape index (κ2) is 16.4. The highest BCUT2D eigenvalue weighted by Gasteiger charge is 2.25.